The van der Waals surface area contributed by atoms with Crippen molar-refractivity contribution in [1.82, 2.24) is 15.0 Å². The van der Waals surface area contributed by atoms with E-state index in [9.17, 15) is 9.59 Å². The number of aromatic nitrogens is 1. The lowest BCUT2D eigenvalue weighted by Crippen LogP contribution is -2.63. The maximum absolute atomic E-state index is 12.4. The number of carbonyl (C=O) groups is 1. The Bertz CT molecular complexity index is 705. The van der Waals surface area contributed by atoms with E-state index in [2.05, 4.69) is 37.8 Å². The summed E-state index contributed by atoms with van der Waals surface area (Å²) in [6, 6.07) is 1.55. The SMILES string of the molecule is COC(=O)N1CC[C@H](c2cc(=O)[nH]o2)C[C@@H]1CN1C(C)(C)CCCC1(C)C. The molecule has 0 aliphatic carbocycles. The van der Waals surface area contributed by atoms with Crippen LogP contribution in [0.1, 0.15) is 71.5 Å². The number of methoxy groups -OCH3 is 1. The molecule has 0 spiro atoms. The highest BCUT2D eigenvalue weighted by atomic mass is 16.5. The van der Waals surface area contributed by atoms with Crippen LogP contribution < -0.4 is 5.56 Å². The van der Waals surface area contributed by atoms with Crippen LogP contribution in [0, 0.1) is 0 Å². The second kappa shape index (κ2) is 7.34. The summed E-state index contributed by atoms with van der Waals surface area (Å²) in [5.41, 5.74) is -0.0518. The Hall–Kier alpha value is -1.76. The third-order valence-electron chi connectivity index (χ3n) is 6.50. The van der Waals surface area contributed by atoms with E-state index < -0.39 is 0 Å². The Morgan fingerprint density at radius 2 is 1.96 bits per heavy atom. The molecule has 152 valence electrons. The normalized spacial score (nSPS) is 28.1. The zero-order chi connectivity index (χ0) is 19.8. The molecule has 1 N–H and O–H groups in total. The van der Waals surface area contributed by atoms with Crippen LogP contribution in [0.4, 0.5) is 4.79 Å². The molecule has 2 atom stereocenters. The molecular formula is C20H33N3O4. The van der Waals surface area contributed by atoms with Gasteiger partial charge in [-0.2, -0.15) is 5.16 Å². The molecule has 0 saturated carbocycles. The second-order valence-electron chi connectivity index (χ2n) is 9.24. The summed E-state index contributed by atoms with van der Waals surface area (Å²) in [5, 5.41) is 2.39. The first-order chi connectivity index (χ1) is 12.6. The molecule has 0 bridgehead atoms. The van der Waals surface area contributed by atoms with Gasteiger partial charge in [-0.25, -0.2) is 4.79 Å². The van der Waals surface area contributed by atoms with Crippen LogP contribution in [0.15, 0.2) is 15.4 Å². The monoisotopic (exact) mass is 379 g/mol. The maximum Gasteiger partial charge on any atom is 0.409 e. The number of nitrogens with one attached hydrogen (secondary N) is 1. The highest BCUT2D eigenvalue weighted by Gasteiger charge is 2.44. The van der Waals surface area contributed by atoms with Gasteiger partial charge in [0.1, 0.15) is 5.76 Å². The predicted molar refractivity (Wildman–Crippen MR) is 103 cm³/mol. The zero-order valence-corrected chi connectivity index (χ0v) is 17.2. The highest BCUT2D eigenvalue weighted by Crippen LogP contribution is 2.40. The second-order valence-corrected chi connectivity index (χ2v) is 9.24. The van der Waals surface area contributed by atoms with Crippen LogP contribution in [0.2, 0.25) is 0 Å². The summed E-state index contributed by atoms with van der Waals surface area (Å²) in [7, 11) is 1.44. The van der Waals surface area contributed by atoms with Gasteiger partial charge in [-0.3, -0.25) is 9.69 Å². The van der Waals surface area contributed by atoms with Crippen molar-refractivity contribution in [3.8, 4) is 0 Å². The number of amides is 1. The number of ether oxygens (including phenoxy) is 1. The summed E-state index contributed by atoms with van der Waals surface area (Å²) in [5.74, 6) is 0.817. The Kier molecular flexibility index (Phi) is 5.43. The Morgan fingerprint density at radius 1 is 1.30 bits per heavy atom. The number of piperidine rings is 2. The number of hydrogen-bond acceptors (Lipinski definition) is 5. The van der Waals surface area contributed by atoms with Gasteiger partial charge < -0.3 is 14.2 Å². The van der Waals surface area contributed by atoms with Gasteiger partial charge in [0.15, 0.2) is 0 Å². The highest BCUT2D eigenvalue weighted by molar-refractivity contribution is 5.68. The Balaban J connectivity index is 1.84. The lowest BCUT2D eigenvalue weighted by atomic mass is 9.78. The minimum Gasteiger partial charge on any atom is -0.453 e. The molecule has 7 nitrogen and oxygen atoms in total. The summed E-state index contributed by atoms with van der Waals surface area (Å²) >= 11 is 0. The number of rotatable bonds is 3. The van der Waals surface area contributed by atoms with E-state index in [1.165, 1.54) is 19.6 Å². The summed E-state index contributed by atoms with van der Waals surface area (Å²) in [6.07, 6.45) is 4.77. The van der Waals surface area contributed by atoms with Crippen LogP contribution in [0.5, 0.6) is 0 Å². The van der Waals surface area contributed by atoms with E-state index in [-0.39, 0.29) is 34.7 Å². The fourth-order valence-corrected chi connectivity index (χ4v) is 5.09. The molecule has 2 saturated heterocycles. The van der Waals surface area contributed by atoms with Crippen molar-refractivity contribution in [2.24, 2.45) is 0 Å². The summed E-state index contributed by atoms with van der Waals surface area (Å²) in [6.45, 7) is 10.6. The first-order valence-electron chi connectivity index (χ1n) is 9.95. The van der Waals surface area contributed by atoms with E-state index in [1.54, 1.807) is 0 Å². The molecule has 3 heterocycles. The van der Waals surface area contributed by atoms with E-state index in [4.69, 9.17) is 9.26 Å². The minimum atomic E-state index is -0.276. The molecule has 1 aromatic rings. The molecule has 0 unspecified atom stereocenters. The Labute approximate surface area is 161 Å². The number of aromatic amines is 1. The van der Waals surface area contributed by atoms with Crippen molar-refractivity contribution in [1.29, 1.82) is 0 Å². The maximum atomic E-state index is 12.4. The van der Waals surface area contributed by atoms with Crippen molar-refractivity contribution in [3.05, 3.63) is 22.2 Å². The standard InChI is InChI=1S/C20H33N3O4/c1-19(2)8-6-9-20(3,4)23(19)13-15-11-14(16-12-17(24)21-27-16)7-10-22(15)18(25)26-5/h12,14-15H,6-11,13H2,1-5H3,(H,21,24)/t14-,15+/m0/s1. The van der Waals surface area contributed by atoms with Crippen molar-refractivity contribution in [3.63, 3.8) is 0 Å². The molecule has 2 aliphatic heterocycles. The molecule has 1 aromatic heterocycles. The molecule has 1 amide bonds. The van der Waals surface area contributed by atoms with Gasteiger partial charge >= 0.3 is 6.09 Å². The van der Waals surface area contributed by atoms with Crippen LogP contribution in [0.3, 0.4) is 0 Å². The van der Waals surface area contributed by atoms with Crippen LogP contribution in [-0.2, 0) is 4.74 Å². The largest absolute Gasteiger partial charge is 0.453 e. The van der Waals surface area contributed by atoms with E-state index in [0.717, 1.165) is 32.2 Å². The predicted octanol–water partition coefficient (Wildman–Crippen LogP) is 3.33. The van der Waals surface area contributed by atoms with Crippen LogP contribution in [-0.4, -0.2) is 58.4 Å². The molecule has 2 fully saturated rings. The van der Waals surface area contributed by atoms with E-state index in [1.807, 2.05) is 4.90 Å². The fourth-order valence-electron chi connectivity index (χ4n) is 5.09. The molecule has 0 radical (unpaired) electrons. The van der Waals surface area contributed by atoms with Crippen molar-refractivity contribution in [2.75, 3.05) is 20.2 Å². The van der Waals surface area contributed by atoms with Gasteiger partial charge in [-0.1, -0.05) is 0 Å². The number of hydrogen-bond donors (Lipinski definition) is 1. The molecule has 27 heavy (non-hydrogen) atoms. The Morgan fingerprint density at radius 3 is 2.52 bits per heavy atom. The summed E-state index contributed by atoms with van der Waals surface area (Å²) in [4.78, 5) is 28.3. The van der Waals surface area contributed by atoms with Gasteiger partial charge in [0.05, 0.1) is 7.11 Å². The third kappa shape index (κ3) is 4.08. The minimum absolute atomic E-state index is 0.0213. The lowest BCUT2D eigenvalue weighted by molar-refractivity contribution is -0.0498. The first kappa shape index (κ1) is 20.0. The number of carbonyl (C=O) groups excluding carboxylic acids is 1. The molecular weight excluding hydrogens is 346 g/mol. The molecule has 3 rings (SSSR count). The first-order valence-corrected chi connectivity index (χ1v) is 9.95. The van der Waals surface area contributed by atoms with Crippen molar-refractivity contribution in [2.45, 2.75) is 82.8 Å². The summed E-state index contributed by atoms with van der Waals surface area (Å²) < 4.78 is 10.4. The van der Waals surface area contributed by atoms with Gasteiger partial charge in [-0.05, 0) is 59.8 Å². The quantitative estimate of drug-likeness (QED) is 0.871. The van der Waals surface area contributed by atoms with Gasteiger partial charge in [-0.15, -0.1) is 0 Å². The van der Waals surface area contributed by atoms with Crippen LogP contribution >= 0.6 is 0 Å². The van der Waals surface area contributed by atoms with Gasteiger partial charge in [0, 0.05) is 42.2 Å². The van der Waals surface area contributed by atoms with Crippen molar-refractivity contribution >= 4 is 6.09 Å². The average Bonchev–Trinajstić information content (AvgIpc) is 3.03. The van der Waals surface area contributed by atoms with Crippen LogP contribution in [0.25, 0.3) is 0 Å². The molecule has 0 aromatic carbocycles. The molecule has 7 heteroatoms. The number of H-pyrrole nitrogens is 1. The fraction of sp³-hybridized carbons (Fsp3) is 0.800. The lowest BCUT2D eigenvalue weighted by Gasteiger charge is -2.55. The average molecular weight is 380 g/mol. The smallest absolute Gasteiger partial charge is 0.409 e. The third-order valence-corrected chi connectivity index (χ3v) is 6.50. The number of likely N-dealkylation sites (tertiary alicyclic amines) is 2. The van der Waals surface area contributed by atoms with Crippen molar-refractivity contribution < 1.29 is 14.1 Å². The number of nitrogens with zero attached hydrogens (tertiary/aromatic N) is 2. The van der Waals surface area contributed by atoms with E-state index in [0.29, 0.717) is 12.3 Å². The van der Waals surface area contributed by atoms with Gasteiger partial charge in [0.2, 0.25) is 0 Å². The zero-order valence-electron chi connectivity index (χ0n) is 17.2. The topological polar surface area (TPSA) is 78.8 Å². The van der Waals surface area contributed by atoms with Gasteiger partial charge in [0.25, 0.3) is 5.56 Å². The molecule has 2 aliphatic rings. The van der Waals surface area contributed by atoms with E-state index >= 15 is 0 Å².